The normalized spacial score (nSPS) is 32.4. The Bertz CT molecular complexity index is 207. The number of hydrogen-bond acceptors (Lipinski definition) is 0. The fourth-order valence-electron chi connectivity index (χ4n) is 3.63. The minimum Gasteiger partial charge on any atom is -0.0625 e. The maximum atomic E-state index is 2.44. The van der Waals surface area contributed by atoms with Gasteiger partial charge in [-0.25, -0.2) is 0 Å². The first kappa shape index (κ1) is 14.1. The molecule has 0 aromatic heterocycles. The summed E-state index contributed by atoms with van der Waals surface area (Å²) in [6.45, 7) is 17.0. The lowest BCUT2D eigenvalue weighted by molar-refractivity contribution is 0.0365. The summed E-state index contributed by atoms with van der Waals surface area (Å²) < 4.78 is 0. The summed E-state index contributed by atoms with van der Waals surface area (Å²) in [5.74, 6) is 4.58. The highest BCUT2D eigenvalue weighted by atomic mass is 14.4. The average molecular weight is 224 g/mol. The largest absolute Gasteiger partial charge is 0.0625 e. The molecular formula is C16H32. The van der Waals surface area contributed by atoms with Crippen LogP contribution in [0.15, 0.2) is 0 Å². The van der Waals surface area contributed by atoms with E-state index >= 15 is 0 Å². The van der Waals surface area contributed by atoms with E-state index in [0.717, 1.165) is 29.6 Å². The summed E-state index contributed by atoms with van der Waals surface area (Å²) in [4.78, 5) is 0. The van der Waals surface area contributed by atoms with Crippen molar-refractivity contribution in [2.75, 3.05) is 0 Å². The van der Waals surface area contributed by atoms with Gasteiger partial charge in [0.15, 0.2) is 0 Å². The van der Waals surface area contributed by atoms with Gasteiger partial charge in [-0.1, -0.05) is 48.5 Å². The molecule has 0 heteroatoms. The molecule has 1 fully saturated rings. The Kier molecular flexibility index (Phi) is 4.49. The quantitative estimate of drug-likeness (QED) is 0.591. The standard InChI is InChI=1S/C16H32/c1-11(2)13-8-9-14(12(3)4)15(10-13)16(5,6)7/h11-15H,8-10H2,1-7H3. The van der Waals surface area contributed by atoms with Gasteiger partial charge in [-0.05, 0) is 54.3 Å². The van der Waals surface area contributed by atoms with Gasteiger partial charge in [0.25, 0.3) is 0 Å². The average Bonchev–Trinajstić information content (AvgIpc) is 2.15. The maximum absolute atomic E-state index is 2.44. The van der Waals surface area contributed by atoms with Crippen LogP contribution >= 0.6 is 0 Å². The summed E-state index contributed by atoms with van der Waals surface area (Å²) in [6.07, 6.45) is 4.39. The van der Waals surface area contributed by atoms with Crippen LogP contribution in [0.3, 0.4) is 0 Å². The molecule has 0 amide bonds. The molecule has 0 nitrogen and oxygen atoms in total. The Hall–Kier alpha value is 0. The van der Waals surface area contributed by atoms with Crippen LogP contribution in [0.5, 0.6) is 0 Å². The molecule has 0 saturated heterocycles. The van der Waals surface area contributed by atoms with Crippen LogP contribution in [0, 0.1) is 35.0 Å². The highest BCUT2D eigenvalue weighted by molar-refractivity contribution is 4.89. The Labute approximate surface area is 103 Å². The molecule has 0 bridgehead atoms. The van der Waals surface area contributed by atoms with E-state index in [9.17, 15) is 0 Å². The predicted octanol–water partition coefficient (Wildman–Crippen LogP) is 5.38. The van der Waals surface area contributed by atoms with Gasteiger partial charge in [-0.2, -0.15) is 0 Å². The summed E-state index contributed by atoms with van der Waals surface area (Å²) in [7, 11) is 0. The topological polar surface area (TPSA) is 0 Å². The third kappa shape index (κ3) is 3.25. The summed E-state index contributed by atoms with van der Waals surface area (Å²) in [5, 5.41) is 0. The van der Waals surface area contributed by atoms with Crippen molar-refractivity contribution in [1.82, 2.24) is 0 Å². The van der Waals surface area contributed by atoms with Crippen LogP contribution in [-0.2, 0) is 0 Å². The fraction of sp³-hybridized carbons (Fsp3) is 1.00. The van der Waals surface area contributed by atoms with Crippen molar-refractivity contribution in [3.8, 4) is 0 Å². The molecule has 0 heterocycles. The second kappa shape index (κ2) is 5.10. The lowest BCUT2D eigenvalue weighted by atomic mass is 9.59. The van der Waals surface area contributed by atoms with Crippen molar-refractivity contribution in [1.29, 1.82) is 0 Å². The van der Waals surface area contributed by atoms with E-state index in [2.05, 4.69) is 48.5 Å². The van der Waals surface area contributed by atoms with E-state index < -0.39 is 0 Å². The van der Waals surface area contributed by atoms with Crippen molar-refractivity contribution in [3.05, 3.63) is 0 Å². The summed E-state index contributed by atoms with van der Waals surface area (Å²) >= 11 is 0. The Morgan fingerprint density at radius 2 is 1.44 bits per heavy atom. The van der Waals surface area contributed by atoms with Gasteiger partial charge in [-0.3, -0.25) is 0 Å². The molecule has 16 heavy (non-hydrogen) atoms. The summed E-state index contributed by atoms with van der Waals surface area (Å²) in [6, 6.07) is 0. The van der Waals surface area contributed by atoms with Crippen LogP contribution in [0.25, 0.3) is 0 Å². The zero-order valence-electron chi connectivity index (χ0n) is 12.5. The van der Waals surface area contributed by atoms with E-state index in [4.69, 9.17) is 0 Å². The molecule has 0 aliphatic heterocycles. The van der Waals surface area contributed by atoms with Crippen molar-refractivity contribution >= 4 is 0 Å². The second-order valence-corrected chi connectivity index (χ2v) is 7.70. The fourth-order valence-corrected chi connectivity index (χ4v) is 3.63. The van der Waals surface area contributed by atoms with Gasteiger partial charge in [0, 0.05) is 0 Å². The van der Waals surface area contributed by atoms with Crippen LogP contribution in [0.4, 0.5) is 0 Å². The van der Waals surface area contributed by atoms with E-state index in [1.165, 1.54) is 19.3 Å². The van der Waals surface area contributed by atoms with Gasteiger partial charge < -0.3 is 0 Å². The zero-order valence-corrected chi connectivity index (χ0v) is 12.5. The van der Waals surface area contributed by atoms with E-state index in [0.29, 0.717) is 5.41 Å². The lowest BCUT2D eigenvalue weighted by Gasteiger charge is -2.46. The Balaban J connectivity index is 2.78. The lowest BCUT2D eigenvalue weighted by Crippen LogP contribution is -2.37. The van der Waals surface area contributed by atoms with Crippen molar-refractivity contribution < 1.29 is 0 Å². The zero-order chi connectivity index (χ0) is 12.5. The number of rotatable bonds is 2. The van der Waals surface area contributed by atoms with Gasteiger partial charge in [-0.15, -0.1) is 0 Å². The molecule has 0 N–H and O–H groups in total. The molecule has 0 aromatic rings. The van der Waals surface area contributed by atoms with Gasteiger partial charge >= 0.3 is 0 Å². The highest BCUT2D eigenvalue weighted by Gasteiger charge is 2.39. The minimum absolute atomic E-state index is 0.489. The molecule has 1 saturated carbocycles. The van der Waals surface area contributed by atoms with E-state index in [1.807, 2.05) is 0 Å². The smallest absolute Gasteiger partial charge is 0.0332 e. The monoisotopic (exact) mass is 224 g/mol. The minimum atomic E-state index is 0.489. The molecule has 0 aromatic carbocycles. The Morgan fingerprint density at radius 1 is 0.875 bits per heavy atom. The van der Waals surface area contributed by atoms with Crippen LogP contribution in [-0.4, -0.2) is 0 Å². The molecule has 0 radical (unpaired) electrons. The molecular weight excluding hydrogens is 192 g/mol. The van der Waals surface area contributed by atoms with Crippen molar-refractivity contribution in [2.24, 2.45) is 35.0 Å². The number of hydrogen-bond donors (Lipinski definition) is 0. The third-order valence-corrected chi connectivity index (χ3v) is 4.86. The molecule has 1 aliphatic carbocycles. The second-order valence-electron chi connectivity index (χ2n) is 7.70. The molecule has 1 rings (SSSR count). The van der Waals surface area contributed by atoms with E-state index in [-0.39, 0.29) is 0 Å². The van der Waals surface area contributed by atoms with E-state index in [1.54, 1.807) is 0 Å². The molecule has 3 unspecified atom stereocenters. The maximum Gasteiger partial charge on any atom is -0.0332 e. The van der Waals surface area contributed by atoms with Gasteiger partial charge in [0.2, 0.25) is 0 Å². The first-order chi connectivity index (χ1) is 7.23. The molecule has 1 aliphatic rings. The predicted molar refractivity (Wildman–Crippen MR) is 73.5 cm³/mol. The Morgan fingerprint density at radius 3 is 1.81 bits per heavy atom. The molecule has 3 atom stereocenters. The van der Waals surface area contributed by atoms with Crippen LogP contribution in [0.1, 0.15) is 67.7 Å². The van der Waals surface area contributed by atoms with Gasteiger partial charge in [0.05, 0.1) is 0 Å². The van der Waals surface area contributed by atoms with Crippen molar-refractivity contribution in [2.45, 2.75) is 67.7 Å². The third-order valence-electron chi connectivity index (χ3n) is 4.86. The SMILES string of the molecule is CC(C)C1CCC(C(C)C)C(C(C)(C)C)C1. The van der Waals surface area contributed by atoms with Crippen molar-refractivity contribution in [3.63, 3.8) is 0 Å². The van der Waals surface area contributed by atoms with Crippen LogP contribution in [0.2, 0.25) is 0 Å². The molecule has 0 spiro atoms. The molecule has 96 valence electrons. The van der Waals surface area contributed by atoms with Gasteiger partial charge in [0.1, 0.15) is 0 Å². The first-order valence-corrected chi connectivity index (χ1v) is 7.23. The summed E-state index contributed by atoms with van der Waals surface area (Å²) in [5.41, 5.74) is 0.489. The highest BCUT2D eigenvalue weighted by Crippen LogP contribution is 2.48. The first-order valence-electron chi connectivity index (χ1n) is 7.23. The van der Waals surface area contributed by atoms with Crippen LogP contribution < -0.4 is 0 Å².